The maximum absolute atomic E-state index is 11.8. The normalized spacial score (nSPS) is 11.0. The number of thioether (sulfide) groups is 1. The molecule has 6 nitrogen and oxygen atoms in total. The molecule has 0 unspecified atom stereocenters. The summed E-state index contributed by atoms with van der Waals surface area (Å²) in [5.74, 6) is 0.680. The molecule has 0 amide bonds. The van der Waals surface area contributed by atoms with Crippen LogP contribution in [-0.2, 0) is 12.3 Å². The van der Waals surface area contributed by atoms with E-state index in [0.717, 1.165) is 34.4 Å². The first-order valence-electron chi connectivity index (χ1n) is 7.41. The first-order valence-corrected chi connectivity index (χ1v) is 9.28. The van der Waals surface area contributed by atoms with Gasteiger partial charge in [-0.25, -0.2) is 14.9 Å². The fraction of sp³-hybridized carbons (Fsp3) is 0.333. The Labute approximate surface area is 142 Å². The highest BCUT2D eigenvalue weighted by molar-refractivity contribution is 7.98. The maximum Gasteiger partial charge on any atom is 0.343 e. The van der Waals surface area contributed by atoms with Crippen LogP contribution in [0.3, 0.4) is 0 Å². The first kappa shape index (κ1) is 15.9. The number of unbranched alkanes of at least 4 members (excludes halogenated alkanes) is 1. The van der Waals surface area contributed by atoms with E-state index >= 15 is 0 Å². The molecule has 1 N–H and O–H groups in total. The molecule has 0 saturated carbocycles. The van der Waals surface area contributed by atoms with Crippen LogP contribution in [0.2, 0.25) is 0 Å². The van der Waals surface area contributed by atoms with Crippen molar-refractivity contribution in [2.45, 2.75) is 37.2 Å². The molecule has 0 aliphatic carbocycles. The van der Waals surface area contributed by atoms with Crippen LogP contribution in [0.5, 0.6) is 0 Å². The fourth-order valence-electron chi connectivity index (χ4n) is 2.05. The molecule has 3 aromatic heterocycles. The highest BCUT2D eigenvalue weighted by atomic mass is 32.2. The molecule has 3 rings (SSSR count). The maximum atomic E-state index is 11.8. The van der Waals surface area contributed by atoms with Crippen LogP contribution in [0, 0.1) is 0 Å². The zero-order valence-corrected chi connectivity index (χ0v) is 14.4. The molecule has 23 heavy (non-hydrogen) atoms. The van der Waals surface area contributed by atoms with Gasteiger partial charge in [0.1, 0.15) is 5.01 Å². The molecule has 0 radical (unpaired) electrons. The van der Waals surface area contributed by atoms with Crippen LogP contribution in [0.25, 0.3) is 10.7 Å². The van der Waals surface area contributed by atoms with Gasteiger partial charge in [0.25, 0.3) is 0 Å². The highest BCUT2D eigenvalue weighted by Crippen LogP contribution is 2.25. The number of hydrogen-bond acceptors (Lipinski definition) is 6. The van der Waals surface area contributed by atoms with Gasteiger partial charge in [0.2, 0.25) is 0 Å². The zero-order chi connectivity index (χ0) is 16.1. The minimum atomic E-state index is -0.145. The quantitative estimate of drug-likeness (QED) is 0.664. The molecular weight excluding hydrogens is 330 g/mol. The topological polar surface area (TPSA) is 76.5 Å². The Morgan fingerprint density at radius 1 is 1.39 bits per heavy atom. The minimum absolute atomic E-state index is 0.145. The van der Waals surface area contributed by atoms with E-state index in [2.05, 4.69) is 27.1 Å². The van der Waals surface area contributed by atoms with Crippen molar-refractivity contribution in [3.63, 3.8) is 0 Å². The Morgan fingerprint density at radius 3 is 3.09 bits per heavy atom. The monoisotopic (exact) mass is 347 g/mol. The zero-order valence-electron chi connectivity index (χ0n) is 12.7. The van der Waals surface area contributed by atoms with Crippen molar-refractivity contribution in [3.8, 4) is 10.7 Å². The van der Waals surface area contributed by atoms with E-state index in [1.807, 2.05) is 23.6 Å². The van der Waals surface area contributed by atoms with Crippen LogP contribution < -0.4 is 5.69 Å². The lowest BCUT2D eigenvalue weighted by Crippen LogP contribution is -2.17. The third kappa shape index (κ3) is 3.89. The lowest BCUT2D eigenvalue weighted by Gasteiger charge is -2.03. The summed E-state index contributed by atoms with van der Waals surface area (Å²) < 4.78 is 1.69. The van der Waals surface area contributed by atoms with Crippen LogP contribution in [0.1, 0.15) is 25.5 Å². The van der Waals surface area contributed by atoms with Gasteiger partial charge in [0.05, 0.1) is 11.4 Å². The Balaban J connectivity index is 1.68. The predicted octanol–water partition coefficient (Wildman–Crippen LogP) is 3.18. The van der Waals surface area contributed by atoms with Gasteiger partial charge in [-0.2, -0.15) is 0 Å². The predicted molar refractivity (Wildman–Crippen MR) is 92.7 cm³/mol. The van der Waals surface area contributed by atoms with E-state index in [1.54, 1.807) is 22.1 Å². The summed E-state index contributed by atoms with van der Waals surface area (Å²) >= 11 is 3.10. The second-order valence-corrected chi connectivity index (χ2v) is 6.76. The van der Waals surface area contributed by atoms with Crippen molar-refractivity contribution < 1.29 is 0 Å². The molecule has 120 valence electrons. The standard InChI is InChI=1S/C15H17N5OS2/c1-2-3-8-20-14(21)18-19-15(20)23-10-11-9-22-13(17-11)12-6-4-5-7-16-12/h4-7,9H,2-3,8,10H2,1H3,(H,18,21). The molecule has 8 heteroatoms. The van der Waals surface area contributed by atoms with Crippen molar-refractivity contribution in [2.75, 3.05) is 0 Å². The van der Waals surface area contributed by atoms with Crippen LogP contribution >= 0.6 is 23.1 Å². The average Bonchev–Trinajstić information content (AvgIpc) is 3.19. The largest absolute Gasteiger partial charge is 0.343 e. The number of nitrogens with zero attached hydrogens (tertiary/aromatic N) is 4. The summed E-state index contributed by atoms with van der Waals surface area (Å²) in [4.78, 5) is 20.7. The van der Waals surface area contributed by atoms with Gasteiger partial charge in [-0.1, -0.05) is 31.2 Å². The summed E-state index contributed by atoms with van der Waals surface area (Å²) in [6.45, 7) is 2.80. The lowest BCUT2D eigenvalue weighted by molar-refractivity contribution is 0.573. The van der Waals surface area contributed by atoms with Gasteiger partial charge in [-0.3, -0.25) is 9.55 Å². The summed E-state index contributed by atoms with van der Waals surface area (Å²) in [5.41, 5.74) is 1.71. The molecule has 0 aliphatic heterocycles. The Bertz CT molecular complexity index is 809. The molecule has 3 aromatic rings. The van der Waals surface area contributed by atoms with E-state index in [4.69, 9.17) is 0 Å². The molecule has 0 aliphatic rings. The summed E-state index contributed by atoms with van der Waals surface area (Å²) in [7, 11) is 0. The molecule has 0 bridgehead atoms. The van der Waals surface area contributed by atoms with Gasteiger partial charge in [-0.15, -0.1) is 16.4 Å². The molecule has 3 heterocycles. The Hall–Kier alpha value is -1.93. The van der Waals surface area contributed by atoms with Crippen molar-refractivity contribution in [3.05, 3.63) is 46.0 Å². The van der Waals surface area contributed by atoms with E-state index < -0.39 is 0 Å². The first-order chi connectivity index (χ1) is 11.3. The second-order valence-electron chi connectivity index (χ2n) is 4.96. The third-order valence-corrected chi connectivity index (χ3v) is 5.17. The number of nitrogens with one attached hydrogen (secondary N) is 1. The van der Waals surface area contributed by atoms with E-state index in [1.165, 1.54) is 11.8 Å². The van der Waals surface area contributed by atoms with Crippen molar-refractivity contribution >= 4 is 23.1 Å². The van der Waals surface area contributed by atoms with Crippen molar-refractivity contribution in [2.24, 2.45) is 0 Å². The minimum Gasteiger partial charge on any atom is -0.270 e. The molecule has 0 spiro atoms. The number of H-pyrrole nitrogens is 1. The Kier molecular flexibility index (Phi) is 5.24. The molecule has 0 atom stereocenters. The van der Waals surface area contributed by atoms with Gasteiger partial charge in [0.15, 0.2) is 5.16 Å². The number of pyridine rings is 1. The lowest BCUT2D eigenvalue weighted by atomic mass is 10.3. The van der Waals surface area contributed by atoms with Gasteiger partial charge < -0.3 is 0 Å². The fourth-order valence-corrected chi connectivity index (χ4v) is 3.81. The Morgan fingerprint density at radius 2 is 2.30 bits per heavy atom. The van der Waals surface area contributed by atoms with Gasteiger partial charge in [-0.05, 0) is 18.6 Å². The smallest absolute Gasteiger partial charge is 0.270 e. The average molecular weight is 347 g/mol. The van der Waals surface area contributed by atoms with Gasteiger partial charge in [0, 0.05) is 23.9 Å². The highest BCUT2D eigenvalue weighted by Gasteiger charge is 2.11. The van der Waals surface area contributed by atoms with Crippen LogP contribution in [0.15, 0.2) is 39.7 Å². The SMILES string of the molecule is CCCCn1c(SCc2csc(-c3ccccn3)n2)n[nH]c1=O. The van der Waals surface area contributed by atoms with Crippen LogP contribution in [0.4, 0.5) is 0 Å². The van der Waals surface area contributed by atoms with Crippen molar-refractivity contribution in [1.82, 2.24) is 24.7 Å². The summed E-state index contributed by atoms with van der Waals surface area (Å²) in [6.07, 6.45) is 3.77. The molecular formula is C15H17N5OS2. The second kappa shape index (κ2) is 7.56. The molecule has 0 fully saturated rings. The number of aromatic amines is 1. The van der Waals surface area contributed by atoms with Gasteiger partial charge >= 0.3 is 5.69 Å². The summed E-state index contributed by atoms with van der Waals surface area (Å²) in [5, 5.41) is 10.3. The number of rotatable bonds is 7. The third-order valence-electron chi connectivity index (χ3n) is 3.24. The van der Waals surface area contributed by atoms with Crippen molar-refractivity contribution in [1.29, 1.82) is 0 Å². The van der Waals surface area contributed by atoms with E-state index in [-0.39, 0.29) is 5.69 Å². The number of hydrogen-bond donors (Lipinski definition) is 1. The summed E-state index contributed by atoms with van der Waals surface area (Å²) in [6, 6.07) is 5.79. The number of aromatic nitrogens is 5. The molecule has 0 aromatic carbocycles. The number of thiazole rings is 1. The van der Waals surface area contributed by atoms with Crippen LogP contribution in [-0.4, -0.2) is 24.7 Å². The van der Waals surface area contributed by atoms with E-state index in [9.17, 15) is 4.79 Å². The van der Waals surface area contributed by atoms with E-state index in [0.29, 0.717) is 12.3 Å². The molecule has 0 saturated heterocycles.